The van der Waals surface area contributed by atoms with Crippen molar-refractivity contribution in [3.8, 4) is 0 Å². The highest BCUT2D eigenvalue weighted by atomic mass is 16.6. The van der Waals surface area contributed by atoms with Gasteiger partial charge in [0.25, 0.3) is 0 Å². The number of amides is 1. The summed E-state index contributed by atoms with van der Waals surface area (Å²) in [6.07, 6.45) is 1.35. The molecule has 0 aromatic rings. The van der Waals surface area contributed by atoms with Gasteiger partial charge < -0.3 is 14.8 Å². The summed E-state index contributed by atoms with van der Waals surface area (Å²) in [5.41, 5.74) is -0.523. The lowest BCUT2D eigenvalue weighted by atomic mass is 9.95. The first-order valence-electron chi connectivity index (χ1n) is 7.34. The van der Waals surface area contributed by atoms with E-state index in [0.717, 1.165) is 6.42 Å². The van der Waals surface area contributed by atoms with Crippen molar-refractivity contribution in [2.75, 3.05) is 6.61 Å². The summed E-state index contributed by atoms with van der Waals surface area (Å²) in [4.78, 5) is 23.2. The van der Waals surface area contributed by atoms with E-state index in [1.165, 1.54) is 0 Å². The molecule has 0 bridgehead atoms. The third-order valence-electron chi connectivity index (χ3n) is 3.00. The predicted octanol–water partition coefficient (Wildman–Crippen LogP) is 3.27. The molecule has 1 N–H and O–H groups in total. The molecule has 2 unspecified atom stereocenters. The maximum atomic E-state index is 11.8. The summed E-state index contributed by atoms with van der Waals surface area (Å²) in [5.74, 6) is 0.0451. The zero-order valence-electron chi connectivity index (χ0n) is 13.6. The van der Waals surface area contributed by atoms with Gasteiger partial charge in [0.05, 0.1) is 6.61 Å². The Morgan fingerprint density at radius 2 is 1.80 bits per heavy atom. The lowest BCUT2D eigenvalue weighted by Gasteiger charge is -2.26. The average Bonchev–Trinajstić information content (AvgIpc) is 2.31. The monoisotopic (exact) mass is 287 g/mol. The summed E-state index contributed by atoms with van der Waals surface area (Å²) in [6, 6.07) is -0.0840. The molecule has 0 rings (SSSR count). The number of hydrogen-bond donors (Lipinski definition) is 1. The quantitative estimate of drug-likeness (QED) is 0.730. The van der Waals surface area contributed by atoms with Crippen molar-refractivity contribution in [2.24, 2.45) is 5.92 Å². The first-order valence-corrected chi connectivity index (χ1v) is 7.34. The third-order valence-corrected chi connectivity index (χ3v) is 3.00. The lowest BCUT2D eigenvalue weighted by Crippen LogP contribution is -2.42. The highest BCUT2D eigenvalue weighted by molar-refractivity contribution is 5.70. The smallest absolute Gasteiger partial charge is 0.407 e. The molecule has 0 aliphatic heterocycles. The third kappa shape index (κ3) is 8.77. The van der Waals surface area contributed by atoms with Crippen molar-refractivity contribution in [3.05, 3.63) is 0 Å². The van der Waals surface area contributed by atoms with E-state index < -0.39 is 11.7 Å². The molecule has 0 fully saturated rings. The first-order chi connectivity index (χ1) is 9.19. The number of hydrogen-bond acceptors (Lipinski definition) is 4. The molecule has 0 aromatic heterocycles. The van der Waals surface area contributed by atoms with E-state index in [1.807, 2.05) is 27.7 Å². The molecular weight excluding hydrogens is 258 g/mol. The molecule has 5 nitrogen and oxygen atoms in total. The Balaban J connectivity index is 4.42. The largest absolute Gasteiger partial charge is 0.466 e. The molecule has 0 radical (unpaired) electrons. The molecule has 0 saturated carbocycles. The van der Waals surface area contributed by atoms with Crippen molar-refractivity contribution in [1.29, 1.82) is 0 Å². The van der Waals surface area contributed by atoms with Gasteiger partial charge in [-0.2, -0.15) is 0 Å². The maximum absolute atomic E-state index is 11.8. The van der Waals surface area contributed by atoms with Crippen molar-refractivity contribution in [3.63, 3.8) is 0 Å². The standard InChI is InChI=1S/C15H29NO4/c1-7-11(3)12(9-10-13(17)19-8-2)16-14(18)20-15(4,5)6/h11-12H,7-10H2,1-6H3,(H,16,18). The van der Waals surface area contributed by atoms with Crippen LogP contribution in [0.25, 0.3) is 0 Å². The minimum Gasteiger partial charge on any atom is -0.466 e. The van der Waals surface area contributed by atoms with Crippen LogP contribution >= 0.6 is 0 Å². The number of esters is 1. The molecule has 118 valence electrons. The molecule has 0 aromatic carbocycles. The Hall–Kier alpha value is -1.26. The first kappa shape index (κ1) is 18.7. The van der Waals surface area contributed by atoms with Gasteiger partial charge in [0.2, 0.25) is 0 Å². The minimum absolute atomic E-state index is 0.0840. The Bertz CT molecular complexity index is 309. The van der Waals surface area contributed by atoms with Gasteiger partial charge in [-0.15, -0.1) is 0 Å². The van der Waals surface area contributed by atoms with Gasteiger partial charge in [0.15, 0.2) is 0 Å². The van der Waals surface area contributed by atoms with E-state index in [2.05, 4.69) is 12.2 Å². The van der Waals surface area contributed by atoms with E-state index in [-0.39, 0.29) is 17.9 Å². The van der Waals surface area contributed by atoms with Gasteiger partial charge in [-0.3, -0.25) is 4.79 Å². The van der Waals surface area contributed by atoms with Crippen LogP contribution in [-0.4, -0.2) is 30.3 Å². The summed E-state index contributed by atoms with van der Waals surface area (Å²) < 4.78 is 10.2. The van der Waals surface area contributed by atoms with Crippen LogP contribution in [0.15, 0.2) is 0 Å². The van der Waals surface area contributed by atoms with E-state index in [1.54, 1.807) is 6.92 Å². The topological polar surface area (TPSA) is 64.6 Å². The Morgan fingerprint density at radius 1 is 1.20 bits per heavy atom. The summed E-state index contributed by atoms with van der Waals surface area (Å²) in [5, 5.41) is 2.85. The van der Waals surface area contributed by atoms with E-state index in [9.17, 15) is 9.59 Å². The van der Waals surface area contributed by atoms with Crippen LogP contribution in [0.5, 0.6) is 0 Å². The zero-order chi connectivity index (χ0) is 15.8. The number of nitrogens with one attached hydrogen (secondary N) is 1. The maximum Gasteiger partial charge on any atom is 0.407 e. The van der Waals surface area contributed by atoms with E-state index in [4.69, 9.17) is 9.47 Å². The van der Waals surface area contributed by atoms with Crippen molar-refractivity contribution in [1.82, 2.24) is 5.32 Å². The second kappa shape index (κ2) is 8.82. The van der Waals surface area contributed by atoms with Crippen molar-refractivity contribution in [2.45, 2.75) is 72.4 Å². The molecule has 0 spiro atoms. The molecule has 5 heteroatoms. The average molecular weight is 287 g/mol. The van der Waals surface area contributed by atoms with Crippen LogP contribution in [0.2, 0.25) is 0 Å². The van der Waals surface area contributed by atoms with Gasteiger partial charge in [-0.1, -0.05) is 20.3 Å². The summed E-state index contributed by atoms with van der Waals surface area (Å²) >= 11 is 0. The minimum atomic E-state index is -0.523. The SMILES string of the molecule is CCOC(=O)CCC(NC(=O)OC(C)(C)C)C(C)CC. The number of carbonyl (C=O) groups is 2. The van der Waals surface area contributed by atoms with Crippen molar-refractivity contribution < 1.29 is 19.1 Å². The number of alkyl carbamates (subject to hydrolysis) is 1. The number of rotatable bonds is 7. The molecule has 0 aliphatic rings. The Kier molecular flexibility index (Phi) is 8.26. The summed E-state index contributed by atoms with van der Waals surface area (Å²) in [6.45, 7) is 11.7. The van der Waals surface area contributed by atoms with Crippen LogP contribution in [-0.2, 0) is 14.3 Å². The van der Waals surface area contributed by atoms with Crippen LogP contribution in [0.3, 0.4) is 0 Å². The molecule has 2 atom stereocenters. The van der Waals surface area contributed by atoms with Crippen LogP contribution in [0.1, 0.15) is 60.8 Å². The molecule has 0 aliphatic carbocycles. The molecule has 0 saturated heterocycles. The molecule has 20 heavy (non-hydrogen) atoms. The highest BCUT2D eigenvalue weighted by Gasteiger charge is 2.23. The second-order valence-electron chi connectivity index (χ2n) is 5.98. The van der Waals surface area contributed by atoms with Gasteiger partial charge in [0.1, 0.15) is 5.60 Å². The fourth-order valence-electron chi connectivity index (χ4n) is 1.75. The van der Waals surface area contributed by atoms with Gasteiger partial charge in [0, 0.05) is 12.5 Å². The number of ether oxygens (including phenoxy) is 2. The Morgan fingerprint density at radius 3 is 2.25 bits per heavy atom. The molecule has 1 amide bonds. The fraction of sp³-hybridized carbons (Fsp3) is 0.867. The highest BCUT2D eigenvalue weighted by Crippen LogP contribution is 2.15. The van der Waals surface area contributed by atoms with Gasteiger partial charge in [-0.05, 0) is 40.0 Å². The lowest BCUT2D eigenvalue weighted by molar-refractivity contribution is -0.143. The molecular formula is C15H29NO4. The molecule has 0 heterocycles. The summed E-state index contributed by atoms with van der Waals surface area (Å²) in [7, 11) is 0. The van der Waals surface area contributed by atoms with E-state index in [0.29, 0.717) is 19.4 Å². The van der Waals surface area contributed by atoms with Gasteiger partial charge in [-0.25, -0.2) is 4.79 Å². The normalized spacial score (nSPS) is 14.3. The fourth-order valence-corrected chi connectivity index (χ4v) is 1.75. The number of carbonyl (C=O) groups excluding carboxylic acids is 2. The van der Waals surface area contributed by atoms with Gasteiger partial charge >= 0.3 is 12.1 Å². The van der Waals surface area contributed by atoms with Crippen LogP contribution in [0.4, 0.5) is 4.79 Å². The second-order valence-corrected chi connectivity index (χ2v) is 5.98. The van der Waals surface area contributed by atoms with Crippen LogP contribution in [0, 0.1) is 5.92 Å². The van der Waals surface area contributed by atoms with E-state index >= 15 is 0 Å². The predicted molar refractivity (Wildman–Crippen MR) is 78.5 cm³/mol. The van der Waals surface area contributed by atoms with Crippen LogP contribution < -0.4 is 5.32 Å². The van der Waals surface area contributed by atoms with Crippen molar-refractivity contribution >= 4 is 12.1 Å². The zero-order valence-corrected chi connectivity index (χ0v) is 13.6. The Labute approximate surface area is 122 Å².